The molecule has 1 aromatic rings. The van der Waals surface area contributed by atoms with Crippen molar-refractivity contribution in [3.63, 3.8) is 0 Å². The highest BCUT2D eigenvalue weighted by molar-refractivity contribution is 6.74. The van der Waals surface area contributed by atoms with E-state index in [1.165, 1.54) is 0 Å². The molecule has 2 rings (SSSR count). The van der Waals surface area contributed by atoms with Crippen LogP contribution in [-0.2, 0) is 11.0 Å². The Morgan fingerprint density at radius 2 is 1.86 bits per heavy atom. The minimum atomic E-state index is -1.79. The molecule has 0 spiro atoms. The smallest absolute Gasteiger partial charge is 0.226 e. The van der Waals surface area contributed by atoms with Crippen LogP contribution in [0, 0.1) is 6.92 Å². The van der Waals surface area contributed by atoms with Gasteiger partial charge in [0.2, 0.25) is 5.88 Å². The van der Waals surface area contributed by atoms with Crippen LogP contribution in [0.1, 0.15) is 37.9 Å². The number of hydrogen-bond donors (Lipinski definition) is 0. The molecule has 1 aliphatic heterocycles. The third kappa shape index (κ3) is 3.16. The predicted molar refractivity (Wildman–Crippen MR) is 86.7 cm³/mol. The van der Waals surface area contributed by atoms with E-state index in [0.717, 1.165) is 17.0 Å². The molecule has 6 heteroatoms. The van der Waals surface area contributed by atoms with Crippen molar-refractivity contribution in [2.24, 2.45) is 4.99 Å². The van der Waals surface area contributed by atoms with Gasteiger partial charge in [-0.3, -0.25) is 4.99 Å². The molecule has 0 saturated heterocycles. The second kappa shape index (κ2) is 5.49. The molecule has 0 saturated carbocycles. The molecular weight excluding hydrogens is 282 g/mol. The molecule has 0 amide bonds. The summed E-state index contributed by atoms with van der Waals surface area (Å²) in [5.41, 5.74) is 2.77. The standard InChI is InChI=1S/C15H25N3O2Si/c1-10-17-11-8-16-12(13(11)14(18-10)19-5)9-20-21(6,7)15(2,3)4/h8-9H2,1-7H3. The summed E-state index contributed by atoms with van der Waals surface area (Å²) in [6.07, 6.45) is 0. The zero-order valence-corrected chi connectivity index (χ0v) is 15.1. The number of aryl methyl sites for hydroxylation is 1. The third-order valence-corrected chi connectivity index (χ3v) is 8.82. The first-order valence-electron chi connectivity index (χ1n) is 7.25. The van der Waals surface area contributed by atoms with Crippen LogP contribution in [0.5, 0.6) is 5.88 Å². The largest absolute Gasteiger partial charge is 0.480 e. The molecule has 116 valence electrons. The summed E-state index contributed by atoms with van der Waals surface area (Å²) >= 11 is 0. The van der Waals surface area contributed by atoms with E-state index >= 15 is 0 Å². The molecule has 0 atom stereocenters. The summed E-state index contributed by atoms with van der Waals surface area (Å²) in [5.74, 6) is 1.32. The maximum Gasteiger partial charge on any atom is 0.226 e. The number of fused-ring (bicyclic) bond motifs is 1. The first-order valence-corrected chi connectivity index (χ1v) is 10.2. The van der Waals surface area contributed by atoms with Crippen molar-refractivity contribution >= 4 is 14.0 Å². The van der Waals surface area contributed by atoms with Gasteiger partial charge in [-0.05, 0) is 25.1 Å². The van der Waals surface area contributed by atoms with E-state index in [1.54, 1.807) is 7.11 Å². The van der Waals surface area contributed by atoms with Crippen molar-refractivity contribution in [1.29, 1.82) is 0 Å². The molecule has 1 aliphatic rings. The van der Waals surface area contributed by atoms with Crippen molar-refractivity contribution < 1.29 is 9.16 Å². The van der Waals surface area contributed by atoms with Gasteiger partial charge in [0.25, 0.3) is 0 Å². The van der Waals surface area contributed by atoms with Crippen molar-refractivity contribution in [1.82, 2.24) is 9.97 Å². The molecule has 0 bridgehead atoms. The van der Waals surface area contributed by atoms with Crippen molar-refractivity contribution in [2.75, 3.05) is 13.7 Å². The van der Waals surface area contributed by atoms with Crippen LogP contribution < -0.4 is 4.74 Å². The predicted octanol–water partition coefficient (Wildman–Crippen LogP) is 3.12. The molecule has 0 aliphatic carbocycles. The van der Waals surface area contributed by atoms with E-state index in [1.807, 2.05) is 6.92 Å². The second-order valence-electron chi connectivity index (χ2n) is 6.91. The number of ether oxygens (including phenoxy) is 1. The van der Waals surface area contributed by atoms with Gasteiger partial charge in [0.1, 0.15) is 5.82 Å². The van der Waals surface area contributed by atoms with Crippen LogP contribution in [0.2, 0.25) is 18.1 Å². The minimum absolute atomic E-state index is 0.183. The molecule has 1 aromatic heterocycles. The molecule has 0 radical (unpaired) electrons. The Morgan fingerprint density at radius 1 is 1.19 bits per heavy atom. The number of aromatic nitrogens is 2. The fraction of sp³-hybridized carbons (Fsp3) is 0.667. The topological polar surface area (TPSA) is 56.6 Å². The van der Waals surface area contributed by atoms with E-state index in [9.17, 15) is 0 Å². The van der Waals surface area contributed by atoms with E-state index in [-0.39, 0.29) is 5.04 Å². The Balaban J connectivity index is 2.21. The van der Waals surface area contributed by atoms with E-state index < -0.39 is 8.32 Å². The second-order valence-corrected chi connectivity index (χ2v) is 11.7. The maximum absolute atomic E-state index is 6.26. The van der Waals surface area contributed by atoms with Gasteiger partial charge >= 0.3 is 0 Å². The minimum Gasteiger partial charge on any atom is -0.480 e. The normalized spacial score (nSPS) is 14.9. The quantitative estimate of drug-likeness (QED) is 0.802. The van der Waals surface area contributed by atoms with E-state index in [4.69, 9.17) is 9.16 Å². The van der Waals surface area contributed by atoms with E-state index in [0.29, 0.717) is 24.9 Å². The Kier molecular flexibility index (Phi) is 4.21. The Morgan fingerprint density at radius 3 is 2.43 bits per heavy atom. The highest BCUT2D eigenvalue weighted by Gasteiger charge is 2.38. The molecule has 5 nitrogen and oxygen atoms in total. The number of methoxy groups -OCH3 is 1. The first-order chi connectivity index (χ1) is 9.65. The van der Waals surface area contributed by atoms with Crippen molar-refractivity contribution in [2.45, 2.75) is 52.4 Å². The zero-order chi connectivity index (χ0) is 15.8. The first kappa shape index (κ1) is 16.1. The number of hydrogen-bond acceptors (Lipinski definition) is 5. The Labute approximate surface area is 128 Å². The van der Waals surface area contributed by atoms with Crippen LogP contribution in [0.3, 0.4) is 0 Å². The highest BCUT2D eigenvalue weighted by Crippen LogP contribution is 2.37. The van der Waals surface area contributed by atoms with Gasteiger partial charge in [0.05, 0.1) is 37.2 Å². The molecule has 2 heterocycles. The molecule has 0 aromatic carbocycles. The van der Waals surface area contributed by atoms with Gasteiger partial charge in [0, 0.05) is 0 Å². The third-order valence-electron chi connectivity index (χ3n) is 4.34. The van der Waals surface area contributed by atoms with Gasteiger partial charge < -0.3 is 9.16 Å². The van der Waals surface area contributed by atoms with Crippen LogP contribution in [0.15, 0.2) is 4.99 Å². The molecule has 0 unspecified atom stereocenters. The Bertz CT molecular complexity index is 577. The zero-order valence-electron chi connectivity index (χ0n) is 14.1. The monoisotopic (exact) mass is 307 g/mol. The summed E-state index contributed by atoms with van der Waals surface area (Å²) in [4.78, 5) is 13.4. The number of aliphatic imine (C=N–C) groups is 1. The van der Waals surface area contributed by atoms with Crippen LogP contribution in [-0.4, -0.2) is 37.7 Å². The summed E-state index contributed by atoms with van der Waals surface area (Å²) < 4.78 is 11.7. The van der Waals surface area contributed by atoms with Crippen molar-refractivity contribution in [3.05, 3.63) is 17.1 Å². The average molecular weight is 307 g/mol. The molecule has 0 fully saturated rings. The van der Waals surface area contributed by atoms with Gasteiger partial charge in [0.15, 0.2) is 8.32 Å². The van der Waals surface area contributed by atoms with Crippen LogP contribution in [0.4, 0.5) is 0 Å². The molecular formula is C15H25N3O2Si. The molecule has 21 heavy (non-hydrogen) atoms. The number of rotatable bonds is 4. The van der Waals surface area contributed by atoms with Crippen molar-refractivity contribution in [3.8, 4) is 5.88 Å². The SMILES string of the molecule is COc1nc(C)nc2c1C(CO[Si](C)(C)C(C)(C)C)=NC2. The van der Waals surface area contributed by atoms with E-state index in [2.05, 4.69) is 48.8 Å². The lowest BCUT2D eigenvalue weighted by atomic mass is 10.1. The maximum atomic E-state index is 6.26. The average Bonchev–Trinajstić information content (AvgIpc) is 2.77. The Hall–Kier alpha value is -1.27. The van der Waals surface area contributed by atoms with Gasteiger partial charge in [-0.25, -0.2) is 4.98 Å². The lowest BCUT2D eigenvalue weighted by Gasteiger charge is -2.36. The summed E-state index contributed by atoms with van der Waals surface area (Å²) in [7, 11) is -0.163. The molecule has 0 N–H and O–H groups in total. The highest BCUT2D eigenvalue weighted by atomic mass is 28.4. The lowest BCUT2D eigenvalue weighted by molar-refractivity contribution is 0.339. The number of nitrogens with zero attached hydrogens (tertiary/aromatic N) is 3. The van der Waals surface area contributed by atoms with Gasteiger partial charge in [-0.15, -0.1) is 0 Å². The van der Waals surface area contributed by atoms with Crippen LogP contribution >= 0.6 is 0 Å². The van der Waals surface area contributed by atoms with Gasteiger partial charge in [-0.2, -0.15) is 4.98 Å². The fourth-order valence-corrected chi connectivity index (χ4v) is 2.92. The van der Waals surface area contributed by atoms with Gasteiger partial charge in [-0.1, -0.05) is 20.8 Å². The van der Waals surface area contributed by atoms with Crippen LogP contribution in [0.25, 0.3) is 0 Å². The lowest BCUT2D eigenvalue weighted by Crippen LogP contribution is -2.42. The summed E-state index contributed by atoms with van der Waals surface area (Å²) in [6.45, 7) is 14.1. The fourth-order valence-electron chi connectivity index (χ4n) is 1.99. The summed E-state index contributed by atoms with van der Waals surface area (Å²) in [5, 5.41) is 0.183. The summed E-state index contributed by atoms with van der Waals surface area (Å²) in [6, 6.07) is 0.